The molecule has 0 spiro atoms. The molecule has 4 aromatic carbocycles. The number of benzene rings is 4. The van der Waals surface area contributed by atoms with E-state index in [-0.39, 0.29) is 48.0 Å². The molecule has 2 saturated heterocycles. The molecule has 4 aliphatic rings. The number of halogens is 1. The third-order valence-corrected chi connectivity index (χ3v) is 14.8. The molecule has 2 aliphatic carbocycles. The summed E-state index contributed by atoms with van der Waals surface area (Å²) >= 11 is 7.91. The zero-order valence-electron chi connectivity index (χ0n) is 32.0. The van der Waals surface area contributed by atoms with E-state index in [1.54, 1.807) is 59.5 Å². The SMILES string of the molecule is CC(=O)c1ccc(N2C(=O)C3CC=C4C(CC5C(=O)N(c6cc(-c7sc8ccc(Cl)cc8c7C)nn6C)C(=O)C5(C)C4c4ccc(O)c5ccccc45)C3C2=O)cc1. The highest BCUT2D eigenvalue weighted by Crippen LogP contribution is 2.64. The van der Waals surface area contributed by atoms with Crippen molar-refractivity contribution in [1.82, 2.24) is 9.78 Å². The maximum Gasteiger partial charge on any atom is 0.242 e. The van der Waals surface area contributed by atoms with Crippen LogP contribution >= 0.6 is 22.9 Å². The van der Waals surface area contributed by atoms with Crippen molar-refractivity contribution >= 4 is 84.7 Å². The Labute approximate surface area is 342 Å². The first-order valence-corrected chi connectivity index (χ1v) is 20.5. The monoisotopic (exact) mass is 808 g/mol. The van der Waals surface area contributed by atoms with Crippen LogP contribution in [0.15, 0.2) is 96.6 Å². The number of amides is 4. The van der Waals surface area contributed by atoms with Crippen molar-refractivity contribution in [3.05, 3.63) is 118 Å². The minimum atomic E-state index is -1.30. The average molecular weight is 809 g/mol. The molecule has 1 N–H and O–H groups in total. The first-order valence-electron chi connectivity index (χ1n) is 19.3. The number of Topliss-reactive ketones (excluding diaryl/α,β-unsaturated/α-hetero) is 1. The summed E-state index contributed by atoms with van der Waals surface area (Å²) in [6.45, 7) is 5.32. The number of aryl methyl sites for hydroxylation is 2. The third-order valence-electron chi connectivity index (χ3n) is 13.3. The van der Waals surface area contributed by atoms with E-state index in [4.69, 9.17) is 16.7 Å². The van der Waals surface area contributed by atoms with Gasteiger partial charge in [-0.1, -0.05) is 53.6 Å². The topological polar surface area (TPSA) is 130 Å². The third kappa shape index (κ3) is 4.95. The number of fused-ring (bicyclic) bond motifs is 6. The average Bonchev–Trinajstić information content (AvgIpc) is 3.88. The minimum Gasteiger partial charge on any atom is -0.507 e. The number of imide groups is 2. The quantitative estimate of drug-likeness (QED) is 0.105. The maximum atomic E-state index is 15.4. The van der Waals surface area contributed by atoms with Crippen molar-refractivity contribution < 1.29 is 29.1 Å². The van der Waals surface area contributed by atoms with Crippen LogP contribution in [0.3, 0.4) is 0 Å². The Bertz CT molecular complexity index is 2880. The van der Waals surface area contributed by atoms with Crippen LogP contribution in [0.4, 0.5) is 11.5 Å². The van der Waals surface area contributed by atoms with Crippen LogP contribution in [0.2, 0.25) is 5.02 Å². The summed E-state index contributed by atoms with van der Waals surface area (Å²) < 4.78 is 2.62. The molecule has 58 heavy (non-hydrogen) atoms. The Balaban J connectivity index is 1.10. The van der Waals surface area contributed by atoms with Crippen molar-refractivity contribution in [3.8, 4) is 16.3 Å². The molecule has 10 nitrogen and oxygen atoms in total. The first-order chi connectivity index (χ1) is 27.8. The lowest BCUT2D eigenvalue weighted by Crippen LogP contribution is -2.49. The maximum absolute atomic E-state index is 15.4. The number of phenolic OH excluding ortho intramolecular Hbond substituents is 1. The molecule has 10 rings (SSSR count). The predicted octanol–water partition coefficient (Wildman–Crippen LogP) is 8.76. The summed E-state index contributed by atoms with van der Waals surface area (Å²) in [6, 6.07) is 24.9. The van der Waals surface area contributed by atoms with E-state index < -0.39 is 35.0 Å². The largest absolute Gasteiger partial charge is 0.507 e. The summed E-state index contributed by atoms with van der Waals surface area (Å²) in [5, 5.41) is 18.8. The molecule has 4 heterocycles. The van der Waals surface area contributed by atoms with Gasteiger partial charge in [0.25, 0.3) is 0 Å². The van der Waals surface area contributed by atoms with Gasteiger partial charge in [-0.2, -0.15) is 5.10 Å². The van der Waals surface area contributed by atoms with Gasteiger partial charge in [-0.15, -0.1) is 11.3 Å². The number of aromatic hydroxyl groups is 1. The Hall–Kier alpha value is -5.91. The van der Waals surface area contributed by atoms with Crippen molar-refractivity contribution in [3.63, 3.8) is 0 Å². The number of anilines is 2. The van der Waals surface area contributed by atoms with Gasteiger partial charge in [-0.25, -0.2) is 4.90 Å². The van der Waals surface area contributed by atoms with Crippen LogP contribution in [0.25, 0.3) is 31.4 Å². The lowest BCUT2D eigenvalue weighted by molar-refractivity contribution is -0.131. The molecular weight excluding hydrogens is 772 g/mol. The van der Waals surface area contributed by atoms with Crippen molar-refractivity contribution in [2.45, 2.75) is 39.5 Å². The van der Waals surface area contributed by atoms with E-state index in [2.05, 4.69) is 0 Å². The lowest BCUT2D eigenvalue weighted by Gasteiger charge is -2.49. The number of rotatable bonds is 5. The summed E-state index contributed by atoms with van der Waals surface area (Å²) in [5.41, 5.74) is 2.79. The highest BCUT2D eigenvalue weighted by molar-refractivity contribution is 7.22. The first kappa shape index (κ1) is 36.4. The zero-order valence-corrected chi connectivity index (χ0v) is 33.6. The van der Waals surface area contributed by atoms with Crippen LogP contribution in [-0.2, 0) is 26.2 Å². The van der Waals surface area contributed by atoms with Crippen LogP contribution in [0.1, 0.15) is 54.1 Å². The second-order valence-corrected chi connectivity index (χ2v) is 17.7. The number of hydrogen-bond donors (Lipinski definition) is 1. The highest BCUT2D eigenvalue weighted by Gasteiger charge is 2.68. The van der Waals surface area contributed by atoms with E-state index in [1.165, 1.54) is 16.7 Å². The molecule has 2 aromatic heterocycles. The molecule has 290 valence electrons. The second kappa shape index (κ2) is 12.8. The van der Waals surface area contributed by atoms with Gasteiger partial charge in [0.05, 0.1) is 33.7 Å². The van der Waals surface area contributed by atoms with E-state index in [9.17, 15) is 19.5 Å². The van der Waals surface area contributed by atoms with Gasteiger partial charge in [0, 0.05) is 39.7 Å². The highest BCUT2D eigenvalue weighted by atomic mass is 35.5. The fraction of sp³-hybridized carbons (Fsp3) is 0.261. The van der Waals surface area contributed by atoms with Crippen LogP contribution in [0.5, 0.6) is 5.75 Å². The molecule has 12 heteroatoms. The minimum absolute atomic E-state index is 0.0887. The Morgan fingerprint density at radius 2 is 1.62 bits per heavy atom. The van der Waals surface area contributed by atoms with Gasteiger partial charge in [0.2, 0.25) is 23.6 Å². The molecule has 6 aromatic rings. The fourth-order valence-electron chi connectivity index (χ4n) is 10.5. The molecular formula is C46H37ClN4O6S. The molecule has 4 amide bonds. The van der Waals surface area contributed by atoms with Crippen molar-refractivity contribution in [2.75, 3.05) is 9.80 Å². The van der Waals surface area contributed by atoms with Crippen LogP contribution in [0, 0.1) is 36.0 Å². The normalized spacial score (nSPS) is 25.4. The predicted molar refractivity (Wildman–Crippen MR) is 223 cm³/mol. The van der Waals surface area contributed by atoms with Gasteiger partial charge >= 0.3 is 0 Å². The molecule has 6 atom stereocenters. The molecule has 0 radical (unpaired) electrons. The van der Waals surface area contributed by atoms with Gasteiger partial charge < -0.3 is 5.11 Å². The number of ketones is 1. The van der Waals surface area contributed by atoms with Gasteiger partial charge in [0.1, 0.15) is 17.3 Å². The van der Waals surface area contributed by atoms with E-state index in [1.807, 2.05) is 68.5 Å². The Kier molecular flexibility index (Phi) is 8.04. The van der Waals surface area contributed by atoms with Gasteiger partial charge in [-0.05, 0) is 110 Å². The van der Waals surface area contributed by atoms with Crippen LogP contribution in [-0.4, -0.2) is 44.3 Å². The zero-order chi connectivity index (χ0) is 40.5. The van der Waals surface area contributed by atoms with Crippen molar-refractivity contribution in [1.29, 1.82) is 0 Å². The Morgan fingerprint density at radius 3 is 2.36 bits per heavy atom. The number of phenols is 1. The summed E-state index contributed by atoms with van der Waals surface area (Å²) in [7, 11) is 1.72. The lowest BCUT2D eigenvalue weighted by atomic mass is 9.51. The molecule has 0 bridgehead atoms. The fourth-order valence-corrected chi connectivity index (χ4v) is 11.8. The van der Waals surface area contributed by atoms with E-state index in [0.717, 1.165) is 37.0 Å². The number of carbonyl (C=O) groups is 5. The summed E-state index contributed by atoms with van der Waals surface area (Å²) in [4.78, 5) is 74.6. The standard InChI is InChI=1S/C46H37ClN4O6S/c1-22-32-19-25(47)11-18-37(32)58-41(22)35-21-38(49(4)48-35)51-43(55)34-20-33-30(40(46(34,3)45(51)57)29-16-17-36(53)28-8-6-5-7-27(28)29)14-15-31-39(33)44(56)50(42(31)54)26-12-9-24(10-13-26)23(2)52/h5-14,16-19,21,31,33-34,39-40,53H,15,20H2,1-4H3. The van der Waals surface area contributed by atoms with Crippen molar-refractivity contribution in [2.24, 2.45) is 36.1 Å². The summed E-state index contributed by atoms with van der Waals surface area (Å²) in [6.07, 6.45) is 2.49. The molecule has 1 saturated carbocycles. The number of aromatic nitrogens is 2. The van der Waals surface area contributed by atoms with Crippen LogP contribution < -0.4 is 9.80 Å². The number of hydrogen-bond acceptors (Lipinski definition) is 8. The smallest absolute Gasteiger partial charge is 0.242 e. The summed E-state index contributed by atoms with van der Waals surface area (Å²) in [5.74, 6) is -4.60. The van der Waals surface area contributed by atoms with E-state index >= 15 is 9.59 Å². The van der Waals surface area contributed by atoms with E-state index in [0.29, 0.717) is 33.2 Å². The second-order valence-electron chi connectivity index (χ2n) is 16.2. The molecule has 2 aliphatic heterocycles. The molecule has 3 fully saturated rings. The number of thiophene rings is 1. The molecule has 6 unspecified atom stereocenters. The number of allylic oxidation sites excluding steroid dienone is 2. The Morgan fingerprint density at radius 1 is 0.879 bits per heavy atom. The number of carbonyl (C=O) groups excluding carboxylic acids is 5. The van der Waals surface area contributed by atoms with Gasteiger partial charge in [0.15, 0.2) is 5.78 Å². The van der Waals surface area contributed by atoms with Gasteiger partial charge in [-0.3, -0.25) is 33.6 Å². The number of nitrogens with zero attached hydrogens (tertiary/aromatic N) is 4.